The molecular formula is C23H27N7O. The van der Waals surface area contributed by atoms with Crippen LogP contribution in [0.15, 0.2) is 60.7 Å². The van der Waals surface area contributed by atoms with E-state index >= 15 is 0 Å². The Balaban J connectivity index is 1.37. The van der Waals surface area contributed by atoms with E-state index in [1.165, 1.54) is 5.69 Å². The van der Waals surface area contributed by atoms with Gasteiger partial charge in [0.1, 0.15) is 0 Å². The predicted octanol–water partition coefficient (Wildman–Crippen LogP) is 2.78. The van der Waals surface area contributed by atoms with Crippen molar-refractivity contribution in [1.82, 2.24) is 15.0 Å². The maximum Gasteiger partial charge on any atom is 0.233 e. The maximum atomic E-state index is 5.50. The molecule has 1 aromatic heterocycles. The highest BCUT2D eigenvalue weighted by Gasteiger charge is 2.23. The molecular weight excluding hydrogens is 390 g/mol. The minimum atomic E-state index is 0.572. The third-order valence-corrected chi connectivity index (χ3v) is 5.62. The Kier molecular flexibility index (Phi) is 5.79. The van der Waals surface area contributed by atoms with Crippen LogP contribution in [-0.2, 0) is 4.74 Å². The molecule has 0 radical (unpaired) electrons. The number of rotatable bonds is 5. The van der Waals surface area contributed by atoms with Crippen molar-refractivity contribution in [1.29, 1.82) is 0 Å². The summed E-state index contributed by atoms with van der Waals surface area (Å²) in [5.74, 6) is 2.00. The molecule has 0 amide bonds. The van der Waals surface area contributed by atoms with Crippen LogP contribution >= 0.6 is 0 Å². The fraction of sp³-hybridized carbons (Fsp3) is 0.348. The summed E-state index contributed by atoms with van der Waals surface area (Å²) in [5, 5.41) is 3.34. The van der Waals surface area contributed by atoms with Gasteiger partial charge in [-0.2, -0.15) is 15.0 Å². The Bertz CT molecular complexity index is 972. The first-order valence-corrected chi connectivity index (χ1v) is 10.8. The number of para-hydroxylation sites is 2. The molecule has 3 aromatic rings. The molecule has 2 fully saturated rings. The minimum absolute atomic E-state index is 0.572. The first-order valence-electron chi connectivity index (χ1n) is 10.8. The summed E-state index contributed by atoms with van der Waals surface area (Å²) in [6.07, 6.45) is 0. The Hall–Kier alpha value is -3.39. The van der Waals surface area contributed by atoms with Crippen LogP contribution in [0.2, 0.25) is 0 Å². The first kappa shape index (κ1) is 19.6. The lowest BCUT2D eigenvalue weighted by Crippen LogP contribution is -2.47. The van der Waals surface area contributed by atoms with Crippen LogP contribution < -0.4 is 20.0 Å². The maximum absolute atomic E-state index is 5.50. The zero-order valence-electron chi connectivity index (χ0n) is 17.5. The summed E-state index contributed by atoms with van der Waals surface area (Å²) in [7, 11) is 0. The molecule has 0 spiro atoms. The summed E-state index contributed by atoms with van der Waals surface area (Å²) in [5.41, 5.74) is 2.22. The molecule has 0 aliphatic carbocycles. The van der Waals surface area contributed by atoms with Crippen LogP contribution in [0.5, 0.6) is 0 Å². The average molecular weight is 418 g/mol. The molecule has 0 saturated carbocycles. The summed E-state index contributed by atoms with van der Waals surface area (Å²) < 4.78 is 5.50. The van der Waals surface area contributed by atoms with E-state index in [-0.39, 0.29) is 0 Å². The molecule has 8 heteroatoms. The van der Waals surface area contributed by atoms with Crippen LogP contribution in [-0.4, -0.2) is 67.4 Å². The highest BCUT2D eigenvalue weighted by molar-refractivity contribution is 5.56. The number of hydrogen-bond acceptors (Lipinski definition) is 8. The number of nitrogens with zero attached hydrogens (tertiary/aromatic N) is 6. The van der Waals surface area contributed by atoms with Gasteiger partial charge in [-0.15, -0.1) is 0 Å². The van der Waals surface area contributed by atoms with E-state index < -0.39 is 0 Å². The molecule has 0 unspecified atom stereocenters. The van der Waals surface area contributed by atoms with Gasteiger partial charge in [0.25, 0.3) is 0 Å². The van der Waals surface area contributed by atoms with Crippen LogP contribution in [0.4, 0.5) is 29.2 Å². The van der Waals surface area contributed by atoms with Gasteiger partial charge in [0, 0.05) is 50.6 Å². The van der Waals surface area contributed by atoms with E-state index in [2.05, 4.69) is 50.3 Å². The number of ether oxygens (including phenoxy) is 1. The highest BCUT2D eigenvalue weighted by Crippen LogP contribution is 2.23. The van der Waals surface area contributed by atoms with Crippen molar-refractivity contribution in [2.24, 2.45) is 0 Å². The van der Waals surface area contributed by atoms with Crippen LogP contribution in [0.25, 0.3) is 0 Å². The second kappa shape index (κ2) is 9.18. The van der Waals surface area contributed by atoms with Crippen molar-refractivity contribution in [3.63, 3.8) is 0 Å². The fourth-order valence-corrected chi connectivity index (χ4v) is 3.91. The monoisotopic (exact) mass is 417 g/mol. The minimum Gasteiger partial charge on any atom is -0.378 e. The number of morpholine rings is 1. The molecule has 0 bridgehead atoms. The highest BCUT2D eigenvalue weighted by atomic mass is 16.5. The third-order valence-electron chi connectivity index (χ3n) is 5.62. The van der Waals surface area contributed by atoms with E-state index in [0.717, 1.165) is 50.9 Å². The lowest BCUT2D eigenvalue weighted by Gasteiger charge is -2.36. The number of benzene rings is 2. The van der Waals surface area contributed by atoms with Gasteiger partial charge in [-0.1, -0.05) is 36.4 Å². The average Bonchev–Trinajstić information content (AvgIpc) is 2.86. The van der Waals surface area contributed by atoms with E-state index in [4.69, 9.17) is 19.7 Å². The van der Waals surface area contributed by atoms with Gasteiger partial charge in [0.2, 0.25) is 17.8 Å². The SMILES string of the molecule is c1ccc(Nc2nc(N3CCOCC3)nc(N3CCN(c4ccccc4)CC3)n2)cc1. The Morgan fingerprint density at radius 2 is 1.16 bits per heavy atom. The molecule has 2 aliphatic heterocycles. The lowest BCUT2D eigenvalue weighted by molar-refractivity contribution is 0.122. The van der Waals surface area contributed by atoms with Gasteiger partial charge in [-0.05, 0) is 24.3 Å². The lowest BCUT2D eigenvalue weighted by atomic mass is 10.2. The number of anilines is 5. The van der Waals surface area contributed by atoms with Crippen LogP contribution in [0.1, 0.15) is 0 Å². The molecule has 1 N–H and O–H groups in total. The Morgan fingerprint density at radius 1 is 0.613 bits per heavy atom. The molecule has 8 nitrogen and oxygen atoms in total. The smallest absolute Gasteiger partial charge is 0.233 e. The van der Waals surface area contributed by atoms with Crippen molar-refractivity contribution in [2.75, 3.05) is 72.5 Å². The largest absolute Gasteiger partial charge is 0.378 e. The van der Waals surface area contributed by atoms with Gasteiger partial charge >= 0.3 is 0 Å². The van der Waals surface area contributed by atoms with Crippen molar-refractivity contribution in [3.8, 4) is 0 Å². The second-order valence-corrected chi connectivity index (χ2v) is 7.66. The van der Waals surface area contributed by atoms with E-state index in [1.807, 2.05) is 30.3 Å². The normalized spacial score (nSPS) is 17.0. The molecule has 31 heavy (non-hydrogen) atoms. The van der Waals surface area contributed by atoms with Crippen molar-refractivity contribution >= 4 is 29.2 Å². The fourth-order valence-electron chi connectivity index (χ4n) is 3.91. The third kappa shape index (κ3) is 4.69. The molecule has 5 rings (SSSR count). The topological polar surface area (TPSA) is 69.7 Å². The van der Waals surface area contributed by atoms with E-state index in [1.54, 1.807) is 0 Å². The van der Waals surface area contributed by atoms with Gasteiger partial charge in [0.05, 0.1) is 13.2 Å². The molecule has 2 aromatic carbocycles. The zero-order chi connectivity index (χ0) is 20.9. The second-order valence-electron chi connectivity index (χ2n) is 7.66. The van der Waals surface area contributed by atoms with Crippen LogP contribution in [0.3, 0.4) is 0 Å². The first-order chi connectivity index (χ1) is 15.3. The Labute approximate surface area is 182 Å². The number of aromatic nitrogens is 3. The quantitative estimate of drug-likeness (QED) is 0.680. The summed E-state index contributed by atoms with van der Waals surface area (Å²) in [4.78, 5) is 21.1. The summed E-state index contributed by atoms with van der Waals surface area (Å²) in [6.45, 7) is 6.56. The molecule has 0 atom stereocenters. The standard InChI is InChI=1S/C23H27N7O/c1-3-7-19(8-4-1)24-21-25-22(27-23(26-21)30-15-17-31-18-16-30)29-13-11-28(12-14-29)20-9-5-2-6-10-20/h1-10H,11-18H2,(H,24,25,26,27). The zero-order valence-corrected chi connectivity index (χ0v) is 17.5. The van der Waals surface area contributed by atoms with E-state index in [9.17, 15) is 0 Å². The molecule has 3 heterocycles. The summed E-state index contributed by atoms with van der Waals surface area (Å²) >= 11 is 0. The molecule has 2 aliphatic rings. The van der Waals surface area contributed by atoms with Crippen LogP contribution in [0, 0.1) is 0 Å². The van der Waals surface area contributed by atoms with Gasteiger partial charge in [-0.25, -0.2) is 0 Å². The van der Waals surface area contributed by atoms with Gasteiger partial charge in [-0.3, -0.25) is 0 Å². The van der Waals surface area contributed by atoms with E-state index in [0.29, 0.717) is 25.1 Å². The molecule has 2 saturated heterocycles. The van der Waals surface area contributed by atoms with Crippen molar-refractivity contribution < 1.29 is 4.74 Å². The number of hydrogen-bond donors (Lipinski definition) is 1. The summed E-state index contributed by atoms with van der Waals surface area (Å²) in [6, 6.07) is 20.6. The van der Waals surface area contributed by atoms with Crippen molar-refractivity contribution in [2.45, 2.75) is 0 Å². The van der Waals surface area contributed by atoms with Gasteiger partial charge in [0.15, 0.2) is 0 Å². The number of piperazine rings is 1. The number of nitrogens with one attached hydrogen (secondary N) is 1. The Morgan fingerprint density at radius 3 is 1.81 bits per heavy atom. The van der Waals surface area contributed by atoms with Gasteiger partial charge < -0.3 is 24.8 Å². The van der Waals surface area contributed by atoms with Crippen molar-refractivity contribution in [3.05, 3.63) is 60.7 Å². The predicted molar refractivity (Wildman–Crippen MR) is 123 cm³/mol. The molecule has 160 valence electrons.